The van der Waals surface area contributed by atoms with Crippen LogP contribution in [0.4, 0.5) is 34.6 Å². The number of aromatic nitrogens is 2. The summed E-state index contributed by atoms with van der Waals surface area (Å²) in [5.41, 5.74) is -1.48. The van der Waals surface area contributed by atoms with Gasteiger partial charge in [0.1, 0.15) is 34.3 Å². The van der Waals surface area contributed by atoms with Crippen molar-refractivity contribution in [1.29, 1.82) is 0 Å². The number of rotatable bonds is 9. The van der Waals surface area contributed by atoms with E-state index in [-0.39, 0.29) is 53.3 Å². The van der Waals surface area contributed by atoms with Gasteiger partial charge in [-0.1, -0.05) is 31.4 Å². The summed E-state index contributed by atoms with van der Waals surface area (Å²) in [6.45, 7) is 5.88. The first-order chi connectivity index (χ1) is 26.4. The second-order valence-corrected chi connectivity index (χ2v) is 13.9. The molecule has 20 heteroatoms. The van der Waals surface area contributed by atoms with Gasteiger partial charge in [-0.15, -0.1) is 6.42 Å². The van der Waals surface area contributed by atoms with Crippen LogP contribution in [0.1, 0.15) is 42.5 Å². The fourth-order valence-electron chi connectivity index (χ4n) is 5.44. The molecule has 14 nitrogen and oxygen atoms in total. The summed E-state index contributed by atoms with van der Waals surface area (Å²) in [6.07, 6.45) is 1.61. The molecular formula is C36H30ClF4N5O9S. The van der Waals surface area contributed by atoms with Crippen LogP contribution < -0.4 is 19.2 Å². The number of amides is 1. The van der Waals surface area contributed by atoms with Crippen molar-refractivity contribution in [3.63, 3.8) is 0 Å². The molecule has 0 saturated carbocycles. The Balaban J connectivity index is 0.000000216. The molecule has 0 unspecified atom stereocenters. The standard InChI is InChI=1S/C18H13ClF3NO7.C18H17FN4O2S/c1-2-28-16(24)9-29-17(25)12-8-11(4-5-14(12)23(26)27)30-15-6-3-10(7-13(15)19)18(20,21)22;1-4-5-22-13-7-12(11(19)6-14(13)25-9-16(22)24)20-17-23-10-18(2,3)8-15(23)21-26-17/h3-8H,2,9H2,1H3;1,6-7H,5,8-10H2,2-3H3. The molecule has 0 radical (unpaired) electrons. The Morgan fingerprint density at radius 2 is 1.93 bits per heavy atom. The summed E-state index contributed by atoms with van der Waals surface area (Å²) in [5, 5.41) is 10.8. The number of carbonyl (C=O) groups excluding carboxylic acids is 3. The lowest BCUT2D eigenvalue weighted by atomic mass is 9.92. The van der Waals surface area contributed by atoms with Crippen LogP contribution in [0, 0.1) is 33.7 Å². The zero-order valence-corrected chi connectivity index (χ0v) is 31.2. The minimum absolute atomic E-state index is 0.0493. The highest BCUT2D eigenvalue weighted by Crippen LogP contribution is 2.39. The van der Waals surface area contributed by atoms with Crippen LogP contribution in [0.15, 0.2) is 53.5 Å². The molecule has 294 valence electrons. The summed E-state index contributed by atoms with van der Waals surface area (Å²) >= 11 is 7.05. The predicted molar refractivity (Wildman–Crippen MR) is 192 cm³/mol. The summed E-state index contributed by atoms with van der Waals surface area (Å²) in [4.78, 5) is 52.3. The van der Waals surface area contributed by atoms with Crippen molar-refractivity contribution >= 4 is 58.0 Å². The van der Waals surface area contributed by atoms with Crippen LogP contribution in [0.5, 0.6) is 17.2 Å². The van der Waals surface area contributed by atoms with E-state index in [0.29, 0.717) is 22.3 Å². The number of fused-ring (bicyclic) bond motifs is 2. The topological polar surface area (TPSA) is 165 Å². The number of nitro benzene ring substituents is 1. The van der Waals surface area contributed by atoms with Crippen LogP contribution in [0.2, 0.25) is 5.02 Å². The molecule has 0 aliphatic carbocycles. The molecule has 0 atom stereocenters. The monoisotopic (exact) mass is 819 g/mol. The lowest BCUT2D eigenvalue weighted by Gasteiger charge is -2.28. The van der Waals surface area contributed by atoms with E-state index in [4.69, 9.17) is 32.2 Å². The van der Waals surface area contributed by atoms with E-state index < -0.39 is 52.3 Å². The molecule has 0 fully saturated rings. The Labute approximate surface area is 324 Å². The van der Waals surface area contributed by atoms with Gasteiger partial charge in [0.05, 0.1) is 34.3 Å². The molecule has 0 N–H and O–H groups in total. The molecule has 1 aromatic heterocycles. The zero-order chi connectivity index (χ0) is 40.9. The van der Waals surface area contributed by atoms with Crippen molar-refractivity contribution in [3.8, 4) is 29.6 Å². The van der Waals surface area contributed by atoms with Crippen LogP contribution in [-0.2, 0) is 38.2 Å². The molecule has 3 aromatic carbocycles. The molecule has 0 bridgehead atoms. The molecule has 0 spiro atoms. The van der Waals surface area contributed by atoms with E-state index in [1.54, 1.807) is 0 Å². The molecule has 2 aliphatic rings. The number of halogens is 5. The number of esters is 2. The summed E-state index contributed by atoms with van der Waals surface area (Å²) in [7, 11) is 0. The number of anilines is 1. The van der Waals surface area contributed by atoms with E-state index in [2.05, 4.69) is 33.9 Å². The molecule has 0 saturated heterocycles. The molecule has 4 aromatic rings. The third-order valence-corrected chi connectivity index (χ3v) is 9.01. The molecule has 56 heavy (non-hydrogen) atoms. The second kappa shape index (κ2) is 16.8. The first-order valence-corrected chi connectivity index (χ1v) is 17.5. The van der Waals surface area contributed by atoms with Gasteiger partial charge in [-0.05, 0) is 42.7 Å². The number of terminal acetylenes is 1. The van der Waals surface area contributed by atoms with Gasteiger partial charge >= 0.3 is 18.1 Å². The number of ether oxygens (including phenoxy) is 4. The van der Waals surface area contributed by atoms with Crippen molar-refractivity contribution in [1.82, 2.24) is 8.94 Å². The largest absolute Gasteiger partial charge is 0.481 e. The predicted octanol–water partition coefficient (Wildman–Crippen LogP) is 7.04. The zero-order valence-electron chi connectivity index (χ0n) is 29.6. The van der Waals surface area contributed by atoms with Gasteiger partial charge in [-0.25, -0.2) is 19.0 Å². The van der Waals surface area contributed by atoms with Crippen molar-refractivity contribution < 1.29 is 55.8 Å². The fraction of sp³-hybridized carbons (Fsp3) is 0.306. The second-order valence-electron chi connectivity index (χ2n) is 12.7. The van der Waals surface area contributed by atoms with E-state index in [1.807, 2.05) is 4.57 Å². The van der Waals surface area contributed by atoms with Crippen molar-refractivity contribution in [3.05, 3.63) is 91.2 Å². The third-order valence-electron chi connectivity index (χ3n) is 7.93. The third kappa shape index (κ3) is 9.62. The van der Waals surface area contributed by atoms with Crippen LogP contribution >= 0.6 is 23.1 Å². The number of alkyl halides is 3. The van der Waals surface area contributed by atoms with E-state index >= 15 is 0 Å². The number of carbonyl (C=O) groups is 3. The SMILES string of the molecule is C#CCN1C(=O)COc2cc(F)c(N=c3snc4n3CC(C)(C)C4)cc21.CCOC(=O)COC(=O)c1cc(Oc2ccc(C(F)(F)F)cc2Cl)ccc1[N+](=O)[O-]. The number of benzene rings is 3. The van der Waals surface area contributed by atoms with Crippen LogP contribution in [0.3, 0.4) is 0 Å². The van der Waals surface area contributed by atoms with Crippen LogP contribution in [0.25, 0.3) is 0 Å². The van der Waals surface area contributed by atoms with Gasteiger partial charge in [-0.3, -0.25) is 19.8 Å². The highest BCUT2D eigenvalue weighted by molar-refractivity contribution is 7.02. The van der Waals surface area contributed by atoms with Crippen molar-refractivity contribution in [2.75, 3.05) is 31.3 Å². The molecule has 2 aliphatic heterocycles. The smallest absolute Gasteiger partial charge is 0.416 e. The molecule has 1 amide bonds. The van der Waals surface area contributed by atoms with Gasteiger partial charge in [0.2, 0.25) is 4.80 Å². The van der Waals surface area contributed by atoms with Crippen molar-refractivity contribution in [2.24, 2.45) is 10.4 Å². The first kappa shape index (κ1) is 41.2. The van der Waals surface area contributed by atoms with Gasteiger partial charge in [0.25, 0.3) is 11.6 Å². The molecule has 6 rings (SSSR count). The minimum atomic E-state index is -4.61. The van der Waals surface area contributed by atoms with Gasteiger partial charge in [0.15, 0.2) is 19.0 Å². The normalized spacial score (nSPS) is 14.4. The quantitative estimate of drug-likeness (QED) is 0.0563. The summed E-state index contributed by atoms with van der Waals surface area (Å²) < 4.78 is 79.1. The van der Waals surface area contributed by atoms with E-state index in [0.717, 1.165) is 49.1 Å². The number of nitrogens with zero attached hydrogens (tertiary/aromatic N) is 5. The Morgan fingerprint density at radius 3 is 2.59 bits per heavy atom. The van der Waals surface area contributed by atoms with Gasteiger partial charge in [0, 0.05) is 42.7 Å². The maximum Gasteiger partial charge on any atom is 0.416 e. The lowest BCUT2D eigenvalue weighted by Crippen LogP contribution is -2.39. The first-order valence-electron chi connectivity index (χ1n) is 16.4. The van der Waals surface area contributed by atoms with Crippen LogP contribution in [-0.4, -0.2) is 58.1 Å². The van der Waals surface area contributed by atoms with E-state index in [9.17, 15) is 42.1 Å². The number of hydrogen-bond acceptors (Lipinski definition) is 12. The Kier molecular flexibility index (Phi) is 12.3. The van der Waals surface area contributed by atoms with Gasteiger partial charge in [-0.2, -0.15) is 17.5 Å². The number of nitro groups is 1. The molecule has 3 heterocycles. The average Bonchev–Trinajstić information content (AvgIpc) is 3.64. The Morgan fingerprint density at radius 1 is 1.18 bits per heavy atom. The highest BCUT2D eigenvalue weighted by Gasteiger charge is 2.33. The van der Waals surface area contributed by atoms with E-state index in [1.165, 1.54) is 35.5 Å². The lowest BCUT2D eigenvalue weighted by molar-refractivity contribution is -0.385. The maximum atomic E-state index is 14.5. The fourth-order valence-corrected chi connectivity index (χ4v) is 6.42. The van der Waals surface area contributed by atoms with Crippen molar-refractivity contribution in [2.45, 2.75) is 39.9 Å². The molecular weight excluding hydrogens is 790 g/mol. The summed E-state index contributed by atoms with van der Waals surface area (Å²) in [6, 6.07) is 8.11. The number of hydrogen-bond donors (Lipinski definition) is 0. The maximum absolute atomic E-state index is 14.5. The Bertz CT molecular complexity index is 2320. The Hall–Kier alpha value is -6.00. The average molecular weight is 820 g/mol. The van der Waals surface area contributed by atoms with Gasteiger partial charge < -0.3 is 23.5 Å². The minimum Gasteiger partial charge on any atom is -0.481 e. The highest BCUT2D eigenvalue weighted by atomic mass is 35.5. The summed E-state index contributed by atoms with van der Waals surface area (Å²) in [5.74, 6) is 0.566.